The lowest BCUT2D eigenvalue weighted by molar-refractivity contribution is -0.137. The van der Waals surface area contributed by atoms with Gasteiger partial charge in [0, 0.05) is 12.2 Å². The molecule has 0 aliphatic rings. The number of carbonyl (C=O) groups excluding carboxylic acids is 1. The highest BCUT2D eigenvalue weighted by molar-refractivity contribution is 5.90. The van der Waals surface area contributed by atoms with Gasteiger partial charge in [-0.3, -0.25) is 0 Å². The van der Waals surface area contributed by atoms with Crippen molar-refractivity contribution in [2.24, 2.45) is 0 Å². The molecule has 0 spiro atoms. The molecular weight excluding hydrogens is 465 g/mol. The standard InChI is InChI=1S/C29H25F3N2O2/c1-36-26-17-15-21(16-18-26)20-34(28(35)33-25-14-8-13-24(19-25)29(30,31)32)27(22-9-4-2-5-10-22)23-11-6-3-7-12-23/h2-19,27H,20H2,1H3,(H,33,35). The van der Waals surface area contributed by atoms with Gasteiger partial charge in [-0.25, -0.2) is 4.79 Å². The second-order valence-corrected chi connectivity index (χ2v) is 8.21. The van der Waals surface area contributed by atoms with Gasteiger partial charge < -0.3 is 15.0 Å². The van der Waals surface area contributed by atoms with Gasteiger partial charge in [-0.1, -0.05) is 78.9 Å². The summed E-state index contributed by atoms with van der Waals surface area (Å²) in [4.78, 5) is 15.3. The minimum Gasteiger partial charge on any atom is -0.497 e. The number of hydrogen-bond donors (Lipinski definition) is 1. The Balaban J connectivity index is 1.74. The number of urea groups is 1. The lowest BCUT2D eigenvalue weighted by Gasteiger charge is -2.33. The lowest BCUT2D eigenvalue weighted by Crippen LogP contribution is -2.38. The second-order valence-electron chi connectivity index (χ2n) is 8.21. The van der Waals surface area contributed by atoms with E-state index < -0.39 is 23.8 Å². The number of rotatable bonds is 7. The maximum atomic E-state index is 13.7. The van der Waals surface area contributed by atoms with Crippen molar-refractivity contribution in [3.63, 3.8) is 0 Å². The third-order valence-electron chi connectivity index (χ3n) is 5.76. The van der Waals surface area contributed by atoms with Crippen molar-refractivity contribution >= 4 is 11.7 Å². The summed E-state index contributed by atoms with van der Waals surface area (Å²) >= 11 is 0. The van der Waals surface area contributed by atoms with Crippen LogP contribution in [0.5, 0.6) is 5.75 Å². The molecule has 7 heteroatoms. The molecular formula is C29H25F3N2O2. The quantitative estimate of drug-likeness (QED) is 0.291. The molecule has 0 atom stereocenters. The normalized spacial score (nSPS) is 11.2. The summed E-state index contributed by atoms with van der Waals surface area (Å²) in [5, 5.41) is 2.68. The number of carbonyl (C=O) groups is 1. The van der Waals surface area contributed by atoms with E-state index in [1.807, 2.05) is 72.8 Å². The average Bonchev–Trinajstić information content (AvgIpc) is 2.89. The molecule has 0 saturated heterocycles. The Morgan fingerprint density at radius 3 is 1.94 bits per heavy atom. The zero-order valence-electron chi connectivity index (χ0n) is 19.6. The van der Waals surface area contributed by atoms with E-state index in [9.17, 15) is 18.0 Å². The molecule has 0 aliphatic heterocycles. The van der Waals surface area contributed by atoms with Gasteiger partial charge in [0.25, 0.3) is 0 Å². The van der Waals surface area contributed by atoms with Gasteiger partial charge in [-0.2, -0.15) is 13.2 Å². The molecule has 4 aromatic rings. The maximum absolute atomic E-state index is 13.7. The summed E-state index contributed by atoms with van der Waals surface area (Å²) in [6, 6.07) is 30.0. The number of ether oxygens (including phenoxy) is 1. The highest BCUT2D eigenvalue weighted by Gasteiger charge is 2.31. The minimum atomic E-state index is -4.51. The molecule has 4 aromatic carbocycles. The zero-order valence-corrected chi connectivity index (χ0v) is 19.6. The van der Waals surface area contributed by atoms with Crippen LogP contribution in [-0.4, -0.2) is 18.0 Å². The number of hydrogen-bond acceptors (Lipinski definition) is 2. The first-order chi connectivity index (χ1) is 17.3. The molecule has 0 heterocycles. The van der Waals surface area contributed by atoms with Crippen molar-refractivity contribution in [2.45, 2.75) is 18.8 Å². The van der Waals surface area contributed by atoms with Gasteiger partial charge in [-0.15, -0.1) is 0 Å². The third kappa shape index (κ3) is 6.05. The lowest BCUT2D eigenvalue weighted by atomic mass is 9.96. The Labute approximate surface area is 208 Å². The van der Waals surface area contributed by atoms with Gasteiger partial charge in [-0.05, 0) is 47.0 Å². The Morgan fingerprint density at radius 2 is 1.42 bits per heavy atom. The van der Waals surface area contributed by atoms with Crippen LogP contribution >= 0.6 is 0 Å². The molecule has 1 N–H and O–H groups in total. The van der Waals surface area contributed by atoms with Gasteiger partial charge in [0.15, 0.2) is 0 Å². The number of benzene rings is 4. The Bertz CT molecular complexity index is 1240. The molecule has 2 amide bonds. The van der Waals surface area contributed by atoms with E-state index in [-0.39, 0.29) is 12.2 Å². The molecule has 4 rings (SSSR count). The predicted octanol–water partition coefficient (Wildman–Crippen LogP) is 7.54. The first-order valence-electron chi connectivity index (χ1n) is 11.3. The first kappa shape index (κ1) is 24.9. The maximum Gasteiger partial charge on any atom is 0.416 e. The Kier molecular flexibility index (Phi) is 7.59. The van der Waals surface area contributed by atoms with Crippen molar-refractivity contribution in [3.8, 4) is 5.75 Å². The number of nitrogens with one attached hydrogen (secondary N) is 1. The van der Waals surface area contributed by atoms with Crippen LogP contribution in [0.25, 0.3) is 0 Å². The highest BCUT2D eigenvalue weighted by atomic mass is 19.4. The average molecular weight is 491 g/mol. The van der Waals surface area contributed by atoms with Crippen molar-refractivity contribution in [1.29, 1.82) is 0 Å². The fraction of sp³-hybridized carbons (Fsp3) is 0.138. The number of anilines is 1. The summed E-state index contributed by atoms with van der Waals surface area (Å²) in [5.41, 5.74) is 1.82. The van der Waals surface area contributed by atoms with Crippen LogP contribution in [0.3, 0.4) is 0 Å². The van der Waals surface area contributed by atoms with Crippen molar-refractivity contribution in [2.75, 3.05) is 12.4 Å². The topological polar surface area (TPSA) is 41.6 Å². The fourth-order valence-electron chi connectivity index (χ4n) is 4.00. The minimum absolute atomic E-state index is 0.0643. The van der Waals surface area contributed by atoms with E-state index in [0.29, 0.717) is 5.75 Å². The largest absolute Gasteiger partial charge is 0.497 e. The molecule has 0 fully saturated rings. The number of amides is 2. The van der Waals surface area contributed by atoms with Gasteiger partial charge in [0.2, 0.25) is 0 Å². The predicted molar refractivity (Wildman–Crippen MR) is 134 cm³/mol. The van der Waals surface area contributed by atoms with Gasteiger partial charge in [0.05, 0.1) is 18.7 Å². The van der Waals surface area contributed by atoms with E-state index in [4.69, 9.17) is 4.74 Å². The summed E-state index contributed by atoms with van der Waals surface area (Å²) in [7, 11) is 1.57. The third-order valence-corrected chi connectivity index (χ3v) is 5.76. The van der Waals surface area contributed by atoms with Crippen LogP contribution < -0.4 is 10.1 Å². The molecule has 0 aromatic heterocycles. The van der Waals surface area contributed by atoms with Crippen molar-refractivity contribution < 1.29 is 22.7 Å². The summed E-state index contributed by atoms with van der Waals surface area (Å²) in [5.74, 6) is 0.682. The first-order valence-corrected chi connectivity index (χ1v) is 11.3. The molecule has 0 radical (unpaired) electrons. The number of alkyl halides is 3. The smallest absolute Gasteiger partial charge is 0.416 e. The van der Waals surface area contributed by atoms with E-state index in [1.165, 1.54) is 12.1 Å². The SMILES string of the molecule is COc1ccc(CN(C(=O)Nc2cccc(C(F)(F)F)c2)C(c2ccccc2)c2ccccc2)cc1. The van der Waals surface area contributed by atoms with Crippen molar-refractivity contribution in [3.05, 3.63) is 131 Å². The van der Waals surface area contributed by atoms with E-state index in [1.54, 1.807) is 24.1 Å². The van der Waals surface area contributed by atoms with E-state index in [2.05, 4.69) is 5.32 Å². The van der Waals surface area contributed by atoms with Crippen LogP contribution in [0.2, 0.25) is 0 Å². The zero-order chi connectivity index (χ0) is 25.5. The molecule has 0 bridgehead atoms. The molecule has 36 heavy (non-hydrogen) atoms. The van der Waals surface area contributed by atoms with Crippen LogP contribution in [0, 0.1) is 0 Å². The van der Waals surface area contributed by atoms with Crippen molar-refractivity contribution in [1.82, 2.24) is 4.90 Å². The fourth-order valence-corrected chi connectivity index (χ4v) is 4.00. The molecule has 184 valence electrons. The second kappa shape index (κ2) is 11.0. The molecule has 4 nitrogen and oxygen atoms in total. The van der Waals surface area contributed by atoms with E-state index in [0.717, 1.165) is 28.8 Å². The molecule has 0 unspecified atom stereocenters. The summed E-state index contributed by atoms with van der Waals surface area (Å²) in [6.45, 7) is 0.212. The van der Waals surface area contributed by atoms with Crippen LogP contribution in [0.4, 0.5) is 23.7 Å². The Morgan fingerprint density at radius 1 is 0.833 bits per heavy atom. The van der Waals surface area contributed by atoms with Crippen LogP contribution in [-0.2, 0) is 12.7 Å². The number of halogens is 3. The van der Waals surface area contributed by atoms with Gasteiger partial charge >= 0.3 is 12.2 Å². The number of nitrogens with zero attached hydrogens (tertiary/aromatic N) is 1. The highest BCUT2D eigenvalue weighted by Crippen LogP contribution is 2.33. The monoisotopic (exact) mass is 490 g/mol. The Hall–Kier alpha value is -4.26. The summed E-state index contributed by atoms with van der Waals surface area (Å²) < 4.78 is 45.0. The van der Waals surface area contributed by atoms with Crippen LogP contribution in [0.15, 0.2) is 109 Å². The molecule has 0 aliphatic carbocycles. The van der Waals surface area contributed by atoms with Crippen LogP contribution in [0.1, 0.15) is 28.3 Å². The molecule has 0 saturated carbocycles. The summed E-state index contributed by atoms with van der Waals surface area (Å²) in [6.07, 6.45) is -4.51. The number of methoxy groups -OCH3 is 1. The van der Waals surface area contributed by atoms with Gasteiger partial charge in [0.1, 0.15) is 5.75 Å². The van der Waals surface area contributed by atoms with E-state index >= 15 is 0 Å².